The van der Waals surface area contributed by atoms with Crippen LogP contribution in [-0.2, 0) is 14.3 Å². The standard InChI is InChI=1S/C16H18N2O4/c1-9(19)18-14-12-7-11(8-17)5-6-13(12)22-16(3,4)15(14)21-10(2)20/h5-7,14-15H,1-4H3,(H,18,19)/t14?,15-/m0/s1. The number of nitrogens with one attached hydrogen (secondary N) is 1. The van der Waals surface area contributed by atoms with Gasteiger partial charge in [0.2, 0.25) is 5.91 Å². The molecule has 0 fully saturated rings. The first kappa shape index (κ1) is 15.8. The van der Waals surface area contributed by atoms with E-state index in [0.29, 0.717) is 16.9 Å². The SMILES string of the molecule is CC(=O)NC1c2cc(C#N)ccc2OC(C)(C)[C@H]1OC(C)=O. The molecule has 0 bridgehead atoms. The second-order valence-electron chi connectivity index (χ2n) is 5.78. The van der Waals surface area contributed by atoms with Crippen LogP contribution in [0.4, 0.5) is 0 Å². The molecule has 1 N–H and O–H groups in total. The van der Waals surface area contributed by atoms with Crippen molar-refractivity contribution in [3.05, 3.63) is 29.3 Å². The molecule has 2 atom stereocenters. The summed E-state index contributed by atoms with van der Waals surface area (Å²) in [6.45, 7) is 6.27. The van der Waals surface area contributed by atoms with Crippen LogP contribution in [0.1, 0.15) is 44.9 Å². The van der Waals surface area contributed by atoms with Gasteiger partial charge in [-0.25, -0.2) is 0 Å². The van der Waals surface area contributed by atoms with Gasteiger partial charge >= 0.3 is 5.97 Å². The molecule has 6 nitrogen and oxygen atoms in total. The number of amides is 1. The molecule has 1 amide bonds. The van der Waals surface area contributed by atoms with E-state index in [4.69, 9.17) is 14.7 Å². The lowest BCUT2D eigenvalue weighted by atomic mass is 9.85. The highest BCUT2D eigenvalue weighted by Crippen LogP contribution is 2.41. The van der Waals surface area contributed by atoms with E-state index >= 15 is 0 Å². The molecule has 1 aromatic rings. The van der Waals surface area contributed by atoms with E-state index in [-0.39, 0.29) is 5.91 Å². The quantitative estimate of drug-likeness (QED) is 0.842. The van der Waals surface area contributed by atoms with E-state index in [0.717, 1.165) is 0 Å². The summed E-state index contributed by atoms with van der Waals surface area (Å²) in [6, 6.07) is 6.45. The Hall–Kier alpha value is -2.55. The zero-order valence-corrected chi connectivity index (χ0v) is 13.0. The first-order valence-electron chi connectivity index (χ1n) is 6.92. The van der Waals surface area contributed by atoms with Crippen LogP contribution in [0.15, 0.2) is 18.2 Å². The number of hydrogen-bond acceptors (Lipinski definition) is 5. The molecule has 2 rings (SSSR count). The minimum atomic E-state index is -0.819. The van der Waals surface area contributed by atoms with Gasteiger partial charge in [-0.3, -0.25) is 9.59 Å². The van der Waals surface area contributed by atoms with Crippen molar-refractivity contribution in [2.24, 2.45) is 0 Å². The van der Waals surface area contributed by atoms with Crippen molar-refractivity contribution in [1.82, 2.24) is 5.32 Å². The van der Waals surface area contributed by atoms with Crippen LogP contribution in [0.3, 0.4) is 0 Å². The Morgan fingerprint density at radius 3 is 2.59 bits per heavy atom. The Bertz CT molecular complexity index is 661. The number of ether oxygens (including phenoxy) is 2. The summed E-state index contributed by atoms with van der Waals surface area (Å²) < 4.78 is 11.3. The van der Waals surface area contributed by atoms with E-state index in [1.54, 1.807) is 32.0 Å². The van der Waals surface area contributed by atoms with Gasteiger partial charge in [0.1, 0.15) is 11.4 Å². The van der Waals surface area contributed by atoms with Crippen LogP contribution >= 0.6 is 0 Å². The molecule has 0 saturated carbocycles. The van der Waals surface area contributed by atoms with Crippen LogP contribution in [0.2, 0.25) is 0 Å². The molecule has 0 radical (unpaired) electrons. The van der Waals surface area contributed by atoms with Crippen LogP contribution in [-0.4, -0.2) is 23.6 Å². The number of nitrogens with zero attached hydrogens (tertiary/aromatic N) is 1. The average Bonchev–Trinajstić information content (AvgIpc) is 2.41. The van der Waals surface area contributed by atoms with Crippen molar-refractivity contribution in [2.75, 3.05) is 0 Å². The topological polar surface area (TPSA) is 88.4 Å². The highest BCUT2D eigenvalue weighted by molar-refractivity contribution is 5.74. The monoisotopic (exact) mass is 302 g/mol. The lowest BCUT2D eigenvalue weighted by Crippen LogP contribution is -2.55. The maximum absolute atomic E-state index is 11.6. The number of benzene rings is 1. The second kappa shape index (κ2) is 5.68. The zero-order chi connectivity index (χ0) is 16.5. The van der Waals surface area contributed by atoms with Crippen LogP contribution in [0.5, 0.6) is 5.75 Å². The molecule has 1 aliphatic rings. The fourth-order valence-corrected chi connectivity index (χ4v) is 2.62. The molecular formula is C16H18N2O4. The third kappa shape index (κ3) is 3.03. The zero-order valence-electron chi connectivity index (χ0n) is 13.0. The number of nitriles is 1. The first-order valence-corrected chi connectivity index (χ1v) is 6.92. The molecule has 0 saturated heterocycles. The van der Waals surface area contributed by atoms with Crippen LogP contribution in [0, 0.1) is 11.3 Å². The van der Waals surface area contributed by atoms with Crippen molar-refractivity contribution in [3.63, 3.8) is 0 Å². The largest absolute Gasteiger partial charge is 0.484 e. The van der Waals surface area contributed by atoms with Gasteiger partial charge in [0.25, 0.3) is 0 Å². The van der Waals surface area contributed by atoms with Crippen LogP contribution in [0.25, 0.3) is 0 Å². The summed E-state index contributed by atoms with van der Waals surface area (Å²) in [5, 5.41) is 11.9. The van der Waals surface area contributed by atoms with E-state index in [1.165, 1.54) is 13.8 Å². The minimum absolute atomic E-state index is 0.256. The maximum Gasteiger partial charge on any atom is 0.303 e. The van der Waals surface area contributed by atoms with E-state index in [2.05, 4.69) is 11.4 Å². The van der Waals surface area contributed by atoms with Gasteiger partial charge in [0.15, 0.2) is 6.10 Å². The van der Waals surface area contributed by atoms with Gasteiger partial charge in [-0.15, -0.1) is 0 Å². The molecule has 1 aliphatic heterocycles. The molecule has 1 aromatic carbocycles. The molecule has 1 heterocycles. The van der Waals surface area contributed by atoms with Crippen molar-refractivity contribution in [2.45, 2.75) is 45.4 Å². The molecule has 22 heavy (non-hydrogen) atoms. The summed E-state index contributed by atoms with van der Waals surface area (Å²) in [4.78, 5) is 23.0. The Balaban J connectivity index is 2.55. The van der Waals surface area contributed by atoms with Gasteiger partial charge in [0, 0.05) is 19.4 Å². The molecule has 116 valence electrons. The lowest BCUT2D eigenvalue weighted by molar-refractivity contribution is -0.164. The Morgan fingerprint density at radius 1 is 1.36 bits per heavy atom. The Morgan fingerprint density at radius 2 is 2.05 bits per heavy atom. The number of fused-ring (bicyclic) bond motifs is 1. The molecular weight excluding hydrogens is 284 g/mol. The number of carbonyl (C=O) groups excluding carboxylic acids is 2. The van der Waals surface area contributed by atoms with E-state index in [9.17, 15) is 9.59 Å². The fourth-order valence-electron chi connectivity index (χ4n) is 2.62. The summed E-state index contributed by atoms with van der Waals surface area (Å²) in [6.07, 6.45) is -0.699. The highest BCUT2D eigenvalue weighted by Gasteiger charge is 2.46. The fraction of sp³-hybridized carbons (Fsp3) is 0.438. The predicted octanol–water partition coefficient (Wildman–Crippen LogP) is 1.84. The second-order valence-corrected chi connectivity index (χ2v) is 5.78. The number of carbonyl (C=O) groups is 2. The molecule has 0 aromatic heterocycles. The van der Waals surface area contributed by atoms with Gasteiger partial charge < -0.3 is 14.8 Å². The minimum Gasteiger partial charge on any atom is -0.484 e. The number of hydrogen-bond donors (Lipinski definition) is 1. The van der Waals surface area contributed by atoms with Crippen molar-refractivity contribution >= 4 is 11.9 Å². The van der Waals surface area contributed by atoms with Crippen molar-refractivity contribution < 1.29 is 19.1 Å². The maximum atomic E-state index is 11.6. The lowest BCUT2D eigenvalue weighted by Gasteiger charge is -2.44. The van der Waals surface area contributed by atoms with Crippen molar-refractivity contribution in [3.8, 4) is 11.8 Å². The van der Waals surface area contributed by atoms with Crippen molar-refractivity contribution in [1.29, 1.82) is 5.26 Å². The number of rotatable bonds is 2. The van der Waals surface area contributed by atoms with Gasteiger partial charge in [-0.1, -0.05) is 0 Å². The third-order valence-electron chi connectivity index (χ3n) is 3.49. The van der Waals surface area contributed by atoms with Gasteiger partial charge in [-0.05, 0) is 32.0 Å². The first-order chi connectivity index (χ1) is 10.2. The van der Waals surface area contributed by atoms with Crippen LogP contribution < -0.4 is 10.1 Å². The van der Waals surface area contributed by atoms with E-state index in [1.807, 2.05) is 0 Å². The molecule has 0 spiro atoms. The number of esters is 1. The summed E-state index contributed by atoms with van der Waals surface area (Å²) in [7, 11) is 0. The predicted molar refractivity (Wildman–Crippen MR) is 78.0 cm³/mol. The highest BCUT2D eigenvalue weighted by atomic mass is 16.6. The van der Waals surface area contributed by atoms with Gasteiger partial charge in [0.05, 0.1) is 17.7 Å². The van der Waals surface area contributed by atoms with E-state index < -0.39 is 23.7 Å². The molecule has 6 heteroatoms. The Kier molecular flexibility index (Phi) is 4.09. The molecule has 1 unspecified atom stereocenters. The smallest absolute Gasteiger partial charge is 0.303 e. The summed E-state index contributed by atoms with van der Waals surface area (Å²) in [5.41, 5.74) is 0.249. The summed E-state index contributed by atoms with van der Waals surface area (Å²) >= 11 is 0. The summed E-state index contributed by atoms with van der Waals surface area (Å²) in [5.74, 6) is -0.156. The Labute approximate surface area is 129 Å². The third-order valence-corrected chi connectivity index (χ3v) is 3.49. The normalized spacial score (nSPS) is 21.8. The average molecular weight is 302 g/mol. The van der Waals surface area contributed by atoms with Gasteiger partial charge in [-0.2, -0.15) is 5.26 Å². The molecule has 0 aliphatic carbocycles.